The predicted molar refractivity (Wildman–Crippen MR) is 208 cm³/mol. The number of halogens is 6. The van der Waals surface area contributed by atoms with Gasteiger partial charge in [-0.15, -0.1) is 0 Å². The molecular weight excluding hydrogens is 886 g/mol. The van der Waals surface area contributed by atoms with E-state index in [1.165, 1.54) is 73.1 Å². The maximum atomic E-state index is 13.5. The molecule has 0 bridgehead atoms. The molecule has 0 atom stereocenters. The van der Waals surface area contributed by atoms with Crippen LogP contribution in [-0.2, 0) is 0 Å². The summed E-state index contributed by atoms with van der Waals surface area (Å²) >= 11 is 30.8. The third kappa shape index (κ3) is 10.1. The standard InChI is InChI=1S/C36H20Br2Cl4N4O6/c37-21-5-11-31(19(13-21)17-43-45-33(47)27-9-7-23(39)15-29(27)41)51-35(49)25-3-1-2-4-26(25)36(50)52-32-12-6-22(38)14-20(32)18-44-46-34(48)28-10-8-24(40)16-30(28)42/h1-18H,(H,45,47)(H,46,48)/b43-17-,44-18-. The Balaban J connectivity index is 1.31. The molecule has 10 nitrogen and oxygen atoms in total. The summed E-state index contributed by atoms with van der Waals surface area (Å²) in [7, 11) is 0. The molecule has 2 amide bonds. The predicted octanol–water partition coefficient (Wildman–Crippen LogP) is 9.79. The molecule has 0 heterocycles. The highest BCUT2D eigenvalue weighted by Crippen LogP contribution is 2.27. The molecule has 5 rings (SSSR count). The molecule has 16 heteroatoms. The van der Waals surface area contributed by atoms with E-state index in [1.54, 1.807) is 36.4 Å². The maximum absolute atomic E-state index is 13.5. The van der Waals surface area contributed by atoms with Crippen molar-refractivity contribution in [2.75, 3.05) is 0 Å². The van der Waals surface area contributed by atoms with E-state index in [4.69, 9.17) is 55.9 Å². The largest absolute Gasteiger partial charge is 0.422 e. The second kappa shape index (κ2) is 17.8. The van der Waals surface area contributed by atoms with Crippen molar-refractivity contribution >= 4 is 114 Å². The summed E-state index contributed by atoms with van der Waals surface area (Å²) in [6, 6.07) is 24.2. The van der Waals surface area contributed by atoms with Crippen LogP contribution in [-0.4, -0.2) is 36.2 Å². The van der Waals surface area contributed by atoms with E-state index in [1.807, 2.05) is 0 Å². The average Bonchev–Trinajstić information content (AvgIpc) is 3.10. The summed E-state index contributed by atoms with van der Waals surface area (Å²) < 4.78 is 12.6. The van der Waals surface area contributed by atoms with Crippen molar-refractivity contribution in [3.05, 3.63) is 159 Å². The first kappa shape index (κ1) is 38.7. The zero-order valence-electron chi connectivity index (χ0n) is 26.0. The Morgan fingerprint density at radius 1 is 0.538 bits per heavy atom. The fourth-order valence-electron chi connectivity index (χ4n) is 4.36. The van der Waals surface area contributed by atoms with Gasteiger partial charge >= 0.3 is 11.9 Å². The number of hydrogen-bond acceptors (Lipinski definition) is 8. The van der Waals surface area contributed by atoms with E-state index in [0.29, 0.717) is 30.1 Å². The molecule has 0 spiro atoms. The van der Waals surface area contributed by atoms with Crippen LogP contribution in [0.4, 0.5) is 0 Å². The number of nitrogens with zero attached hydrogens (tertiary/aromatic N) is 2. The first-order valence-corrected chi connectivity index (χ1v) is 17.7. The van der Waals surface area contributed by atoms with Crippen LogP contribution in [0.15, 0.2) is 116 Å². The molecule has 0 fully saturated rings. The molecule has 0 aliphatic carbocycles. The molecular formula is C36H20Br2Cl4N4O6. The molecule has 262 valence electrons. The van der Waals surface area contributed by atoms with Gasteiger partial charge in [-0.05, 0) is 84.9 Å². The first-order valence-electron chi connectivity index (χ1n) is 14.6. The Morgan fingerprint density at radius 2 is 0.942 bits per heavy atom. The van der Waals surface area contributed by atoms with Gasteiger partial charge in [0.15, 0.2) is 0 Å². The van der Waals surface area contributed by atoms with Crippen LogP contribution in [0, 0.1) is 0 Å². The fraction of sp³-hybridized carbons (Fsp3) is 0. The van der Waals surface area contributed by atoms with Gasteiger partial charge in [0.2, 0.25) is 0 Å². The van der Waals surface area contributed by atoms with Gasteiger partial charge in [-0.3, -0.25) is 9.59 Å². The third-order valence-corrected chi connectivity index (χ3v) is 8.89. The van der Waals surface area contributed by atoms with Gasteiger partial charge < -0.3 is 9.47 Å². The van der Waals surface area contributed by atoms with E-state index >= 15 is 0 Å². The Morgan fingerprint density at radius 3 is 1.33 bits per heavy atom. The second-order valence-electron chi connectivity index (χ2n) is 10.3. The lowest BCUT2D eigenvalue weighted by Gasteiger charge is -2.12. The van der Waals surface area contributed by atoms with Gasteiger partial charge in [0.25, 0.3) is 11.8 Å². The third-order valence-electron chi connectivity index (χ3n) is 6.81. The summed E-state index contributed by atoms with van der Waals surface area (Å²) in [5, 5.41) is 8.97. The van der Waals surface area contributed by atoms with Crippen molar-refractivity contribution in [3.8, 4) is 11.5 Å². The summed E-state index contributed by atoms with van der Waals surface area (Å²) in [4.78, 5) is 52.1. The lowest BCUT2D eigenvalue weighted by Crippen LogP contribution is -2.19. The zero-order chi connectivity index (χ0) is 37.4. The van der Waals surface area contributed by atoms with Crippen LogP contribution >= 0.6 is 78.3 Å². The van der Waals surface area contributed by atoms with Gasteiger partial charge in [-0.25, -0.2) is 20.4 Å². The molecule has 0 aliphatic rings. The van der Waals surface area contributed by atoms with E-state index in [-0.39, 0.29) is 43.8 Å². The van der Waals surface area contributed by atoms with Crippen molar-refractivity contribution in [1.29, 1.82) is 0 Å². The molecule has 0 aliphatic heterocycles. The minimum atomic E-state index is -0.873. The molecule has 0 unspecified atom stereocenters. The minimum Gasteiger partial charge on any atom is -0.422 e. The Labute approximate surface area is 333 Å². The lowest BCUT2D eigenvalue weighted by molar-refractivity contribution is 0.0691. The van der Waals surface area contributed by atoms with Gasteiger partial charge in [-0.1, -0.05) is 90.4 Å². The minimum absolute atomic E-state index is 0.0761. The number of carbonyl (C=O) groups is 4. The SMILES string of the molecule is O=C(N/N=C\c1cc(Br)ccc1OC(=O)c1ccccc1C(=O)Oc1ccc(Br)cc1/C=N\NC(=O)c1ccc(Cl)cc1Cl)c1ccc(Cl)cc1Cl. The van der Waals surface area contributed by atoms with Crippen LogP contribution in [0.25, 0.3) is 0 Å². The normalized spacial score (nSPS) is 11.0. The molecule has 0 aromatic heterocycles. The quantitative estimate of drug-likeness (QED) is 0.0620. The van der Waals surface area contributed by atoms with E-state index in [2.05, 4.69) is 52.9 Å². The molecule has 5 aromatic rings. The van der Waals surface area contributed by atoms with E-state index in [0.717, 1.165) is 0 Å². The van der Waals surface area contributed by atoms with Crippen molar-refractivity contribution in [3.63, 3.8) is 0 Å². The van der Waals surface area contributed by atoms with Crippen LogP contribution in [0.1, 0.15) is 52.6 Å². The number of carbonyl (C=O) groups excluding carboxylic acids is 4. The molecule has 0 saturated carbocycles. The number of benzene rings is 5. The number of nitrogens with one attached hydrogen (secondary N) is 2. The van der Waals surface area contributed by atoms with Crippen molar-refractivity contribution in [2.24, 2.45) is 10.2 Å². The van der Waals surface area contributed by atoms with Crippen molar-refractivity contribution < 1.29 is 28.7 Å². The van der Waals surface area contributed by atoms with Gasteiger partial charge in [0, 0.05) is 30.1 Å². The molecule has 52 heavy (non-hydrogen) atoms. The van der Waals surface area contributed by atoms with E-state index < -0.39 is 23.8 Å². The van der Waals surface area contributed by atoms with Gasteiger partial charge in [-0.2, -0.15) is 10.2 Å². The number of hydrazone groups is 2. The Kier molecular flexibility index (Phi) is 13.2. The van der Waals surface area contributed by atoms with Gasteiger partial charge in [0.05, 0.1) is 44.7 Å². The number of hydrogen-bond donors (Lipinski definition) is 2. The van der Waals surface area contributed by atoms with Crippen LogP contribution in [0.3, 0.4) is 0 Å². The highest BCUT2D eigenvalue weighted by Gasteiger charge is 2.22. The van der Waals surface area contributed by atoms with Gasteiger partial charge in [0.1, 0.15) is 11.5 Å². The second-order valence-corrected chi connectivity index (χ2v) is 13.9. The smallest absolute Gasteiger partial charge is 0.344 e. The van der Waals surface area contributed by atoms with Crippen LogP contribution < -0.4 is 20.3 Å². The average molecular weight is 906 g/mol. The Bertz CT molecular complexity index is 2130. The fourth-order valence-corrected chi connectivity index (χ4v) is 6.11. The highest BCUT2D eigenvalue weighted by atomic mass is 79.9. The van der Waals surface area contributed by atoms with E-state index in [9.17, 15) is 19.2 Å². The summed E-state index contributed by atoms with van der Waals surface area (Å²) in [6.45, 7) is 0. The number of ether oxygens (including phenoxy) is 2. The van der Waals surface area contributed by atoms with Crippen molar-refractivity contribution in [2.45, 2.75) is 0 Å². The lowest BCUT2D eigenvalue weighted by atomic mass is 10.1. The monoisotopic (exact) mass is 902 g/mol. The highest BCUT2D eigenvalue weighted by molar-refractivity contribution is 9.10. The van der Waals surface area contributed by atoms with Crippen molar-refractivity contribution in [1.82, 2.24) is 10.9 Å². The number of amides is 2. The summed E-state index contributed by atoms with van der Waals surface area (Å²) in [5.41, 5.74) is 5.48. The summed E-state index contributed by atoms with van der Waals surface area (Å²) in [5.74, 6) is -2.77. The molecule has 0 radical (unpaired) electrons. The zero-order valence-corrected chi connectivity index (χ0v) is 32.2. The molecule has 5 aromatic carbocycles. The number of rotatable bonds is 10. The van der Waals surface area contributed by atoms with Crippen LogP contribution in [0.5, 0.6) is 11.5 Å². The summed E-state index contributed by atoms with van der Waals surface area (Å²) in [6.07, 6.45) is 2.55. The molecule has 0 saturated heterocycles. The Hall–Kier alpha value is -4.56. The number of esters is 2. The molecule has 2 N–H and O–H groups in total. The topological polar surface area (TPSA) is 136 Å². The maximum Gasteiger partial charge on any atom is 0.344 e. The van der Waals surface area contributed by atoms with Crippen LogP contribution in [0.2, 0.25) is 20.1 Å². The first-order chi connectivity index (χ1) is 24.9.